The number of para-hydroxylation sites is 1. The second kappa shape index (κ2) is 7.02. The summed E-state index contributed by atoms with van der Waals surface area (Å²) >= 11 is 0. The molecule has 6 nitrogen and oxygen atoms in total. The number of ether oxygens (including phenoxy) is 1. The lowest BCUT2D eigenvalue weighted by atomic mass is 10.1. The van der Waals surface area contributed by atoms with Gasteiger partial charge in [-0.25, -0.2) is 12.7 Å². The van der Waals surface area contributed by atoms with Gasteiger partial charge in [0, 0.05) is 26.8 Å². The largest absolute Gasteiger partial charge is 0.496 e. The average molecular weight is 348 g/mol. The Morgan fingerprint density at radius 3 is 2.17 bits per heavy atom. The maximum atomic E-state index is 12.8. The number of benzene rings is 2. The quantitative estimate of drug-likeness (QED) is 0.831. The molecule has 0 fully saturated rings. The van der Waals surface area contributed by atoms with E-state index in [2.05, 4.69) is 0 Å². The topological polar surface area (TPSA) is 66.9 Å². The summed E-state index contributed by atoms with van der Waals surface area (Å²) in [7, 11) is 2.31. The summed E-state index contributed by atoms with van der Waals surface area (Å²) in [6.07, 6.45) is 0. The van der Waals surface area contributed by atoms with Crippen molar-refractivity contribution in [2.75, 3.05) is 33.2 Å². The zero-order valence-electron chi connectivity index (χ0n) is 14.1. The number of methoxy groups -OCH3 is 1. The Morgan fingerprint density at radius 1 is 1.00 bits per heavy atom. The first-order chi connectivity index (χ1) is 11.3. The molecule has 7 heteroatoms. The third-order valence-corrected chi connectivity index (χ3v) is 5.44. The predicted molar refractivity (Wildman–Crippen MR) is 93.0 cm³/mol. The zero-order chi connectivity index (χ0) is 17.9. The molecule has 0 heterocycles. The Labute approximate surface area is 142 Å². The van der Waals surface area contributed by atoms with Crippen LogP contribution >= 0.6 is 0 Å². The molecule has 0 unspecified atom stereocenters. The molecule has 2 rings (SSSR count). The Balaban J connectivity index is 2.50. The summed E-state index contributed by atoms with van der Waals surface area (Å²) in [5.41, 5.74) is 0.886. The van der Waals surface area contributed by atoms with Crippen molar-refractivity contribution in [1.29, 1.82) is 0 Å². The summed E-state index contributed by atoms with van der Waals surface area (Å²) in [4.78, 5) is 14.3. The Morgan fingerprint density at radius 2 is 1.62 bits per heavy atom. The monoisotopic (exact) mass is 348 g/mol. The van der Waals surface area contributed by atoms with Crippen molar-refractivity contribution in [3.05, 3.63) is 54.1 Å². The van der Waals surface area contributed by atoms with Crippen LogP contribution in [0.15, 0.2) is 53.4 Å². The molecule has 0 radical (unpaired) electrons. The third kappa shape index (κ3) is 3.42. The van der Waals surface area contributed by atoms with E-state index in [1.165, 1.54) is 44.3 Å². The fraction of sp³-hybridized carbons (Fsp3) is 0.235. The van der Waals surface area contributed by atoms with Crippen LogP contribution in [0.2, 0.25) is 0 Å². The number of hydrogen-bond acceptors (Lipinski definition) is 4. The summed E-state index contributed by atoms with van der Waals surface area (Å²) < 4.78 is 30.9. The molecular formula is C17H20N2O4S. The van der Waals surface area contributed by atoms with Gasteiger partial charge in [0.15, 0.2) is 0 Å². The van der Waals surface area contributed by atoms with E-state index in [0.717, 1.165) is 4.31 Å². The molecule has 1 amide bonds. The molecule has 0 atom stereocenters. The van der Waals surface area contributed by atoms with Crippen molar-refractivity contribution >= 4 is 21.6 Å². The van der Waals surface area contributed by atoms with Crippen molar-refractivity contribution in [2.24, 2.45) is 0 Å². The van der Waals surface area contributed by atoms with Crippen LogP contribution in [-0.2, 0) is 10.0 Å². The van der Waals surface area contributed by atoms with Crippen LogP contribution in [0.1, 0.15) is 10.4 Å². The molecule has 0 N–H and O–H groups in total. The number of carbonyl (C=O) groups excluding carboxylic acids is 1. The zero-order valence-corrected chi connectivity index (χ0v) is 14.9. The minimum atomic E-state index is -3.64. The van der Waals surface area contributed by atoms with Crippen LogP contribution in [0.3, 0.4) is 0 Å². The number of sulfonamides is 1. The number of hydrogen-bond donors (Lipinski definition) is 0. The lowest BCUT2D eigenvalue weighted by molar-refractivity contribution is 0.0990. The van der Waals surface area contributed by atoms with Gasteiger partial charge in [0.05, 0.1) is 17.6 Å². The van der Waals surface area contributed by atoms with Gasteiger partial charge < -0.3 is 9.64 Å². The molecule has 2 aromatic carbocycles. The Bertz CT molecular complexity index is 833. The smallest absolute Gasteiger partial charge is 0.261 e. The molecule has 0 bridgehead atoms. The highest BCUT2D eigenvalue weighted by molar-refractivity contribution is 7.89. The van der Waals surface area contributed by atoms with E-state index in [4.69, 9.17) is 4.74 Å². The van der Waals surface area contributed by atoms with E-state index in [0.29, 0.717) is 11.4 Å². The van der Waals surface area contributed by atoms with Gasteiger partial charge in [-0.15, -0.1) is 0 Å². The SMILES string of the molecule is COc1ccc(S(=O)(=O)N(C)C)cc1C(=O)N(C)c1ccccc1. The molecule has 0 aliphatic carbocycles. The van der Waals surface area contributed by atoms with Gasteiger partial charge in [-0.05, 0) is 30.3 Å². The molecule has 24 heavy (non-hydrogen) atoms. The standard InChI is InChI=1S/C17H20N2O4S/c1-18(2)24(21,22)14-10-11-16(23-4)15(12-14)17(20)19(3)13-8-6-5-7-9-13/h5-12H,1-4H3. The number of carbonyl (C=O) groups is 1. The number of nitrogens with zero attached hydrogens (tertiary/aromatic N) is 2. The maximum absolute atomic E-state index is 12.8. The molecule has 0 saturated carbocycles. The van der Waals surface area contributed by atoms with Crippen molar-refractivity contribution < 1.29 is 17.9 Å². The van der Waals surface area contributed by atoms with Gasteiger partial charge in [-0.2, -0.15) is 0 Å². The summed E-state index contributed by atoms with van der Waals surface area (Å²) in [6.45, 7) is 0. The molecule has 0 aliphatic rings. The van der Waals surface area contributed by atoms with Crippen molar-refractivity contribution in [3.8, 4) is 5.75 Å². The van der Waals surface area contributed by atoms with Gasteiger partial charge in [0.2, 0.25) is 10.0 Å². The molecule has 0 spiro atoms. The van der Waals surface area contributed by atoms with Crippen molar-refractivity contribution in [3.63, 3.8) is 0 Å². The Kier molecular flexibility index (Phi) is 5.26. The highest BCUT2D eigenvalue weighted by Crippen LogP contribution is 2.26. The Hall–Kier alpha value is -2.38. The minimum Gasteiger partial charge on any atom is -0.496 e. The molecule has 0 aromatic heterocycles. The number of rotatable bonds is 5. The van der Waals surface area contributed by atoms with Crippen LogP contribution in [0.25, 0.3) is 0 Å². The second-order valence-corrected chi connectivity index (χ2v) is 7.50. The van der Waals surface area contributed by atoms with E-state index in [1.807, 2.05) is 18.2 Å². The summed E-state index contributed by atoms with van der Waals surface area (Å²) in [5.74, 6) is -0.0330. The summed E-state index contributed by atoms with van der Waals surface area (Å²) in [6, 6.07) is 13.3. The second-order valence-electron chi connectivity index (χ2n) is 5.35. The van der Waals surface area contributed by atoms with Crippen LogP contribution in [0, 0.1) is 0 Å². The van der Waals surface area contributed by atoms with Crippen LogP contribution in [-0.4, -0.2) is 46.9 Å². The first-order valence-corrected chi connectivity index (χ1v) is 8.66. The molecular weight excluding hydrogens is 328 g/mol. The number of amides is 1. The first-order valence-electron chi connectivity index (χ1n) is 7.22. The van der Waals surface area contributed by atoms with Gasteiger partial charge in [0.1, 0.15) is 5.75 Å². The summed E-state index contributed by atoms with van der Waals surface area (Å²) in [5, 5.41) is 0. The fourth-order valence-electron chi connectivity index (χ4n) is 2.18. The van der Waals surface area contributed by atoms with Crippen LogP contribution in [0.5, 0.6) is 5.75 Å². The van der Waals surface area contributed by atoms with Crippen molar-refractivity contribution in [2.45, 2.75) is 4.90 Å². The average Bonchev–Trinajstić information content (AvgIpc) is 2.60. The molecule has 2 aromatic rings. The van der Waals surface area contributed by atoms with E-state index in [9.17, 15) is 13.2 Å². The van der Waals surface area contributed by atoms with Gasteiger partial charge in [-0.1, -0.05) is 18.2 Å². The third-order valence-electron chi connectivity index (χ3n) is 3.63. The van der Waals surface area contributed by atoms with E-state index >= 15 is 0 Å². The minimum absolute atomic E-state index is 0.0399. The van der Waals surface area contributed by atoms with Crippen molar-refractivity contribution in [1.82, 2.24) is 4.31 Å². The fourth-order valence-corrected chi connectivity index (χ4v) is 3.10. The lowest BCUT2D eigenvalue weighted by Gasteiger charge is -2.20. The van der Waals surface area contributed by atoms with E-state index in [1.54, 1.807) is 19.2 Å². The van der Waals surface area contributed by atoms with E-state index < -0.39 is 10.0 Å². The highest BCUT2D eigenvalue weighted by atomic mass is 32.2. The van der Waals surface area contributed by atoms with Crippen LogP contribution < -0.4 is 9.64 Å². The van der Waals surface area contributed by atoms with Gasteiger partial charge >= 0.3 is 0 Å². The predicted octanol–water partition coefficient (Wildman–Crippen LogP) is 2.22. The lowest BCUT2D eigenvalue weighted by Crippen LogP contribution is -2.27. The van der Waals surface area contributed by atoms with E-state index in [-0.39, 0.29) is 16.4 Å². The molecule has 0 aliphatic heterocycles. The van der Waals surface area contributed by atoms with Gasteiger partial charge in [-0.3, -0.25) is 4.79 Å². The maximum Gasteiger partial charge on any atom is 0.261 e. The molecule has 128 valence electrons. The normalized spacial score (nSPS) is 11.4. The highest BCUT2D eigenvalue weighted by Gasteiger charge is 2.23. The first kappa shape index (κ1) is 18.0. The molecule has 0 saturated heterocycles. The number of anilines is 1. The van der Waals surface area contributed by atoms with Crippen LogP contribution in [0.4, 0.5) is 5.69 Å². The van der Waals surface area contributed by atoms with Gasteiger partial charge in [0.25, 0.3) is 5.91 Å².